The lowest BCUT2D eigenvalue weighted by Gasteiger charge is -2.07. The topological polar surface area (TPSA) is 67.8 Å². The number of carbonyl (C=O) groups excluding carboxylic acids is 1. The number of aryl methyl sites for hydroxylation is 1. The largest absolute Gasteiger partial charge is 0.296 e. The van der Waals surface area contributed by atoms with Crippen LogP contribution < -0.4 is 5.32 Å². The second-order valence-electron chi connectivity index (χ2n) is 4.49. The molecule has 2 heterocycles. The highest BCUT2D eigenvalue weighted by molar-refractivity contribution is 9.10. The summed E-state index contributed by atoms with van der Waals surface area (Å²) in [6.07, 6.45) is 1.67. The Morgan fingerprint density at radius 2 is 2.00 bits per heavy atom. The summed E-state index contributed by atoms with van der Waals surface area (Å²) < 4.78 is 1.01. The van der Waals surface area contributed by atoms with Crippen molar-refractivity contribution >= 4 is 50.1 Å². The molecule has 5 nitrogen and oxygen atoms in total. The zero-order chi connectivity index (χ0) is 16.2. The van der Waals surface area contributed by atoms with Gasteiger partial charge < -0.3 is 0 Å². The Kier molecular flexibility index (Phi) is 5.04. The van der Waals surface area contributed by atoms with Crippen molar-refractivity contribution in [3.63, 3.8) is 0 Å². The Morgan fingerprint density at radius 1 is 1.22 bits per heavy atom. The van der Waals surface area contributed by atoms with Gasteiger partial charge in [-0.3, -0.25) is 10.1 Å². The standard InChI is InChI=1S/C15H11BrN4OS2/c1-9-19-20-15(22-9)18-13(21)12-3-2-8-17-14(12)23-11-6-4-10(16)5-7-11/h2-8H,1H3,(H,18,20,21). The van der Waals surface area contributed by atoms with Crippen molar-refractivity contribution in [1.82, 2.24) is 15.2 Å². The molecule has 0 saturated heterocycles. The number of pyridine rings is 1. The molecule has 1 amide bonds. The van der Waals surface area contributed by atoms with Gasteiger partial charge in [0.1, 0.15) is 10.0 Å². The van der Waals surface area contributed by atoms with Crippen LogP contribution in [0, 0.1) is 6.92 Å². The van der Waals surface area contributed by atoms with Crippen LogP contribution in [0.15, 0.2) is 57.0 Å². The third-order valence-corrected chi connectivity index (χ3v) is 5.10. The minimum absolute atomic E-state index is 0.242. The van der Waals surface area contributed by atoms with Gasteiger partial charge in [0, 0.05) is 15.6 Å². The van der Waals surface area contributed by atoms with Crippen LogP contribution in [0.1, 0.15) is 15.4 Å². The number of rotatable bonds is 4. The van der Waals surface area contributed by atoms with E-state index in [4.69, 9.17) is 0 Å². The van der Waals surface area contributed by atoms with Gasteiger partial charge in [-0.15, -0.1) is 10.2 Å². The number of amides is 1. The third kappa shape index (κ3) is 4.15. The summed E-state index contributed by atoms with van der Waals surface area (Å²) in [6, 6.07) is 11.3. The minimum Gasteiger partial charge on any atom is -0.296 e. The molecule has 23 heavy (non-hydrogen) atoms. The summed E-state index contributed by atoms with van der Waals surface area (Å²) in [5, 5.41) is 12.5. The molecule has 1 aromatic carbocycles. The van der Waals surface area contributed by atoms with Crippen LogP contribution in [0.25, 0.3) is 0 Å². The van der Waals surface area contributed by atoms with Gasteiger partial charge in [0.2, 0.25) is 5.13 Å². The van der Waals surface area contributed by atoms with Crippen molar-refractivity contribution < 1.29 is 4.79 Å². The number of aromatic nitrogens is 3. The van der Waals surface area contributed by atoms with Gasteiger partial charge in [0.25, 0.3) is 5.91 Å². The molecule has 116 valence electrons. The molecular weight excluding hydrogens is 396 g/mol. The second-order valence-corrected chi connectivity index (χ2v) is 7.65. The van der Waals surface area contributed by atoms with E-state index in [1.807, 2.05) is 31.2 Å². The van der Waals surface area contributed by atoms with Crippen LogP contribution in [0.2, 0.25) is 0 Å². The minimum atomic E-state index is -0.242. The Labute approximate surface area is 149 Å². The second kappa shape index (κ2) is 7.20. The number of benzene rings is 1. The number of nitrogens with zero attached hydrogens (tertiary/aromatic N) is 3. The molecule has 3 aromatic rings. The van der Waals surface area contributed by atoms with E-state index in [0.717, 1.165) is 14.4 Å². The molecule has 0 saturated carbocycles. The molecular formula is C15H11BrN4OS2. The summed E-state index contributed by atoms with van der Waals surface area (Å²) in [7, 11) is 0. The smallest absolute Gasteiger partial charge is 0.260 e. The molecule has 0 aliphatic heterocycles. The summed E-state index contributed by atoms with van der Waals surface area (Å²) >= 11 is 6.18. The first kappa shape index (κ1) is 16.1. The van der Waals surface area contributed by atoms with E-state index < -0.39 is 0 Å². The summed E-state index contributed by atoms with van der Waals surface area (Å²) in [4.78, 5) is 17.8. The quantitative estimate of drug-likeness (QED) is 0.694. The first-order chi connectivity index (χ1) is 11.1. The fourth-order valence-corrected chi connectivity index (χ4v) is 3.50. The maximum absolute atomic E-state index is 12.5. The monoisotopic (exact) mass is 406 g/mol. The summed E-state index contributed by atoms with van der Waals surface area (Å²) in [6.45, 7) is 1.84. The molecule has 0 aliphatic rings. The number of nitrogens with one attached hydrogen (secondary N) is 1. The molecule has 8 heteroatoms. The van der Waals surface area contributed by atoms with E-state index in [1.54, 1.807) is 18.3 Å². The molecule has 0 radical (unpaired) electrons. The van der Waals surface area contributed by atoms with Crippen molar-refractivity contribution in [2.45, 2.75) is 16.8 Å². The van der Waals surface area contributed by atoms with Crippen LogP contribution in [0.4, 0.5) is 5.13 Å². The number of hydrogen-bond donors (Lipinski definition) is 1. The van der Waals surface area contributed by atoms with Gasteiger partial charge in [-0.2, -0.15) is 0 Å². The predicted octanol–water partition coefficient (Wildman–Crippen LogP) is 4.41. The van der Waals surface area contributed by atoms with Gasteiger partial charge in [0.15, 0.2) is 0 Å². The van der Waals surface area contributed by atoms with E-state index in [1.165, 1.54) is 23.1 Å². The molecule has 1 N–H and O–H groups in total. The van der Waals surface area contributed by atoms with E-state index >= 15 is 0 Å². The fraction of sp³-hybridized carbons (Fsp3) is 0.0667. The number of hydrogen-bond acceptors (Lipinski definition) is 6. The predicted molar refractivity (Wildman–Crippen MR) is 95.1 cm³/mol. The average molecular weight is 407 g/mol. The Balaban J connectivity index is 1.82. The van der Waals surface area contributed by atoms with E-state index in [9.17, 15) is 4.79 Å². The highest BCUT2D eigenvalue weighted by Crippen LogP contribution is 2.30. The third-order valence-electron chi connectivity index (χ3n) is 2.79. The highest BCUT2D eigenvalue weighted by atomic mass is 79.9. The van der Waals surface area contributed by atoms with Gasteiger partial charge in [-0.1, -0.05) is 39.0 Å². The lowest BCUT2D eigenvalue weighted by atomic mass is 10.3. The summed E-state index contributed by atoms with van der Waals surface area (Å²) in [5.74, 6) is -0.242. The lowest BCUT2D eigenvalue weighted by molar-refractivity contribution is 0.102. The maximum atomic E-state index is 12.5. The molecule has 0 fully saturated rings. The molecule has 3 rings (SSSR count). The van der Waals surface area contributed by atoms with Crippen molar-refractivity contribution in [3.05, 3.63) is 57.6 Å². The normalized spacial score (nSPS) is 10.5. The van der Waals surface area contributed by atoms with Crippen LogP contribution >= 0.6 is 39.0 Å². The van der Waals surface area contributed by atoms with Crippen LogP contribution in [-0.2, 0) is 0 Å². The number of carbonyl (C=O) groups is 1. The molecule has 0 spiro atoms. The SMILES string of the molecule is Cc1nnc(NC(=O)c2cccnc2Sc2ccc(Br)cc2)s1. The maximum Gasteiger partial charge on any atom is 0.260 e. The van der Waals surface area contributed by atoms with Gasteiger partial charge in [0.05, 0.1) is 5.56 Å². The first-order valence-corrected chi connectivity index (χ1v) is 9.04. The number of anilines is 1. The van der Waals surface area contributed by atoms with E-state index in [0.29, 0.717) is 15.7 Å². The zero-order valence-corrected chi connectivity index (χ0v) is 15.2. The summed E-state index contributed by atoms with van der Waals surface area (Å²) in [5.41, 5.74) is 0.508. The van der Waals surface area contributed by atoms with Crippen molar-refractivity contribution in [2.24, 2.45) is 0 Å². The van der Waals surface area contributed by atoms with E-state index in [2.05, 4.69) is 36.4 Å². The van der Waals surface area contributed by atoms with Crippen molar-refractivity contribution in [3.8, 4) is 0 Å². The van der Waals surface area contributed by atoms with Crippen LogP contribution in [0.5, 0.6) is 0 Å². The molecule has 0 atom stereocenters. The fourth-order valence-electron chi connectivity index (χ4n) is 1.77. The van der Waals surface area contributed by atoms with Gasteiger partial charge >= 0.3 is 0 Å². The molecule has 2 aromatic heterocycles. The Bertz CT molecular complexity index is 836. The zero-order valence-electron chi connectivity index (χ0n) is 12.0. The highest BCUT2D eigenvalue weighted by Gasteiger charge is 2.15. The number of halogens is 1. The van der Waals surface area contributed by atoms with Gasteiger partial charge in [-0.25, -0.2) is 4.98 Å². The molecule has 0 bridgehead atoms. The van der Waals surface area contributed by atoms with Gasteiger partial charge in [-0.05, 0) is 43.3 Å². The van der Waals surface area contributed by atoms with Crippen LogP contribution in [0.3, 0.4) is 0 Å². The molecule has 0 unspecified atom stereocenters. The van der Waals surface area contributed by atoms with Crippen molar-refractivity contribution in [1.29, 1.82) is 0 Å². The average Bonchev–Trinajstić information content (AvgIpc) is 2.95. The Morgan fingerprint density at radius 3 is 2.70 bits per heavy atom. The first-order valence-electron chi connectivity index (χ1n) is 6.62. The molecule has 0 aliphatic carbocycles. The Hall–Kier alpha value is -1.77. The van der Waals surface area contributed by atoms with Crippen molar-refractivity contribution in [2.75, 3.05) is 5.32 Å². The van der Waals surface area contributed by atoms with E-state index in [-0.39, 0.29) is 5.91 Å². The lowest BCUT2D eigenvalue weighted by Crippen LogP contribution is -2.13. The van der Waals surface area contributed by atoms with Crippen LogP contribution in [-0.4, -0.2) is 21.1 Å².